The van der Waals surface area contributed by atoms with Crippen LogP contribution in [0.1, 0.15) is 24.2 Å². The molecule has 2 rings (SSSR count). The molecule has 1 unspecified atom stereocenters. The number of pyridine rings is 1. The van der Waals surface area contributed by atoms with Crippen LogP contribution in [0.25, 0.3) is 0 Å². The lowest BCUT2D eigenvalue weighted by Crippen LogP contribution is -2.43. The van der Waals surface area contributed by atoms with E-state index in [2.05, 4.69) is 15.6 Å². The van der Waals surface area contributed by atoms with Crippen LogP contribution in [0.15, 0.2) is 12.3 Å². The number of aliphatic hydroxyl groups is 1. The summed E-state index contributed by atoms with van der Waals surface area (Å²) in [6, 6.07) is 1.65. The largest absolute Gasteiger partial charge is 0.387 e. The highest BCUT2D eigenvalue weighted by Gasteiger charge is 2.27. The van der Waals surface area contributed by atoms with Gasteiger partial charge in [0.15, 0.2) is 0 Å². The van der Waals surface area contributed by atoms with Gasteiger partial charge in [-0.25, -0.2) is 9.37 Å². The Morgan fingerprint density at radius 1 is 1.64 bits per heavy atom. The minimum absolute atomic E-state index is 0.107. The van der Waals surface area contributed by atoms with Crippen LogP contribution in [0.2, 0.25) is 5.15 Å². The van der Waals surface area contributed by atoms with Crippen LogP contribution in [0, 0.1) is 0 Å². The van der Waals surface area contributed by atoms with Gasteiger partial charge in [0.2, 0.25) is 0 Å². The standard InChI is InChI=1S/C14H19ClFN3O3/c1-14(2,21)11(16)5-18-13(20)9-4-17-12(15)3-10(9)19-8-6-22-7-8/h3-4,8,11,21H,5-7H2,1-2H3,(H,17,19)(H,18,20). The fourth-order valence-electron chi connectivity index (χ4n) is 1.80. The summed E-state index contributed by atoms with van der Waals surface area (Å²) in [4.78, 5) is 16.1. The van der Waals surface area contributed by atoms with Crippen molar-refractivity contribution in [1.82, 2.24) is 10.3 Å². The first-order valence-electron chi connectivity index (χ1n) is 6.92. The van der Waals surface area contributed by atoms with Gasteiger partial charge in [-0.1, -0.05) is 11.6 Å². The van der Waals surface area contributed by atoms with Crippen molar-refractivity contribution >= 4 is 23.2 Å². The van der Waals surface area contributed by atoms with Crippen molar-refractivity contribution in [3.63, 3.8) is 0 Å². The number of alkyl halides is 1. The Morgan fingerprint density at radius 2 is 2.32 bits per heavy atom. The van der Waals surface area contributed by atoms with E-state index < -0.39 is 17.7 Å². The molecule has 8 heteroatoms. The Hall–Kier alpha value is -1.44. The molecule has 0 radical (unpaired) electrons. The molecule has 1 aliphatic heterocycles. The number of hydrogen-bond acceptors (Lipinski definition) is 5. The molecule has 0 bridgehead atoms. The summed E-state index contributed by atoms with van der Waals surface area (Å²) in [5.41, 5.74) is -0.737. The van der Waals surface area contributed by atoms with Gasteiger partial charge in [0.05, 0.1) is 42.7 Å². The van der Waals surface area contributed by atoms with Gasteiger partial charge in [-0.05, 0) is 19.9 Å². The normalized spacial score (nSPS) is 16.8. The zero-order valence-corrected chi connectivity index (χ0v) is 13.2. The highest BCUT2D eigenvalue weighted by atomic mass is 35.5. The number of hydrogen-bond donors (Lipinski definition) is 3. The van der Waals surface area contributed by atoms with Crippen LogP contribution in [0.5, 0.6) is 0 Å². The Balaban J connectivity index is 2.05. The predicted molar refractivity (Wildman–Crippen MR) is 81.0 cm³/mol. The van der Waals surface area contributed by atoms with Gasteiger partial charge in [-0.15, -0.1) is 0 Å². The van der Waals surface area contributed by atoms with Gasteiger partial charge < -0.3 is 20.5 Å². The van der Waals surface area contributed by atoms with Gasteiger partial charge in [0.25, 0.3) is 5.91 Å². The number of carbonyl (C=O) groups excluding carboxylic acids is 1. The molecule has 3 N–H and O–H groups in total. The summed E-state index contributed by atoms with van der Waals surface area (Å²) in [5, 5.41) is 15.4. The Morgan fingerprint density at radius 3 is 2.86 bits per heavy atom. The summed E-state index contributed by atoms with van der Waals surface area (Å²) in [7, 11) is 0. The molecule has 1 aliphatic rings. The molecule has 1 aromatic heterocycles. The third kappa shape index (κ3) is 4.28. The van der Waals surface area contributed by atoms with Crippen molar-refractivity contribution in [2.75, 3.05) is 25.1 Å². The Kier molecular flexibility index (Phi) is 5.20. The number of nitrogens with zero attached hydrogens (tertiary/aromatic N) is 1. The molecule has 122 valence electrons. The number of aromatic nitrogens is 1. The number of amides is 1. The first kappa shape index (κ1) is 16.9. The molecule has 1 fully saturated rings. The number of carbonyl (C=O) groups is 1. The quantitative estimate of drug-likeness (QED) is 0.686. The maximum Gasteiger partial charge on any atom is 0.255 e. The third-order valence-corrected chi connectivity index (χ3v) is 3.53. The molecule has 0 aliphatic carbocycles. The van der Waals surface area contributed by atoms with Crippen molar-refractivity contribution in [2.24, 2.45) is 0 Å². The van der Waals surface area contributed by atoms with Crippen molar-refractivity contribution in [3.8, 4) is 0 Å². The van der Waals surface area contributed by atoms with E-state index >= 15 is 0 Å². The van der Waals surface area contributed by atoms with Crippen LogP contribution < -0.4 is 10.6 Å². The second-order valence-electron chi connectivity index (χ2n) is 5.76. The molecule has 0 aromatic carbocycles. The van der Waals surface area contributed by atoms with Crippen molar-refractivity contribution < 1.29 is 19.0 Å². The number of rotatable bonds is 6. The molecular weight excluding hydrogens is 313 g/mol. The fraction of sp³-hybridized carbons (Fsp3) is 0.571. The van der Waals surface area contributed by atoms with Crippen molar-refractivity contribution in [2.45, 2.75) is 31.7 Å². The van der Waals surface area contributed by atoms with E-state index in [1.807, 2.05) is 0 Å². The van der Waals surface area contributed by atoms with E-state index in [0.717, 1.165) is 0 Å². The number of nitrogens with one attached hydrogen (secondary N) is 2. The van der Waals surface area contributed by atoms with Gasteiger partial charge in [0.1, 0.15) is 11.3 Å². The monoisotopic (exact) mass is 331 g/mol. The van der Waals surface area contributed by atoms with E-state index in [1.165, 1.54) is 26.1 Å². The predicted octanol–water partition coefficient (Wildman–Crippen LogP) is 1.38. The topological polar surface area (TPSA) is 83.5 Å². The molecule has 0 saturated carbocycles. The van der Waals surface area contributed by atoms with E-state index in [1.54, 1.807) is 0 Å². The third-order valence-electron chi connectivity index (χ3n) is 3.32. The Bertz CT molecular complexity index is 547. The number of halogens is 2. The first-order valence-corrected chi connectivity index (χ1v) is 7.29. The zero-order chi connectivity index (χ0) is 16.3. The Labute approximate surface area is 133 Å². The highest BCUT2D eigenvalue weighted by Crippen LogP contribution is 2.21. The van der Waals surface area contributed by atoms with E-state index in [4.69, 9.17) is 16.3 Å². The van der Waals surface area contributed by atoms with Crippen LogP contribution >= 0.6 is 11.6 Å². The molecule has 2 heterocycles. The van der Waals surface area contributed by atoms with Gasteiger partial charge in [-0.3, -0.25) is 4.79 Å². The molecule has 1 aromatic rings. The van der Waals surface area contributed by atoms with Crippen LogP contribution in [0.3, 0.4) is 0 Å². The lowest BCUT2D eigenvalue weighted by molar-refractivity contribution is -0.00178. The van der Waals surface area contributed by atoms with E-state index in [0.29, 0.717) is 18.9 Å². The first-order chi connectivity index (χ1) is 10.3. The SMILES string of the molecule is CC(C)(O)C(F)CNC(=O)c1cnc(Cl)cc1NC1COC1. The lowest BCUT2D eigenvalue weighted by atomic mass is 10.0. The van der Waals surface area contributed by atoms with Crippen LogP contribution in [0.4, 0.5) is 10.1 Å². The smallest absolute Gasteiger partial charge is 0.255 e. The summed E-state index contributed by atoms with van der Waals surface area (Å²) in [6.07, 6.45) is -0.246. The average Bonchev–Trinajstić information content (AvgIpc) is 2.38. The maximum absolute atomic E-state index is 13.7. The summed E-state index contributed by atoms with van der Waals surface area (Å²) >= 11 is 5.85. The summed E-state index contributed by atoms with van der Waals surface area (Å²) in [6.45, 7) is 3.49. The van der Waals surface area contributed by atoms with Gasteiger partial charge in [-0.2, -0.15) is 0 Å². The average molecular weight is 332 g/mol. The fourth-order valence-corrected chi connectivity index (χ4v) is 1.95. The maximum atomic E-state index is 13.7. The number of ether oxygens (including phenoxy) is 1. The zero-order valence-electron chi connectivity index (χ0n) is 12.4. The van der Waals surface area contributed by atoms with Crippen LogP contribution in [-0.2, 0) is 4.74 Å². The molecule has 1 amide bonds. The van der Waals surface area contributed by atoms with Crippen molar-refractivity contribution in [3.05, 3.63) is 23.0 Å². The lowest BCUT2D eigenvalue weighted by Gasteiger charge is -2.28. The second kappa shape index (κ2) is 6.76. The van der Waals surface area contributed by atoms with E-state index in [-0.39, 0.29) is 23.3 Å². The molecule has 0 spiro atoms. The molecule has 1 saturated heterocycles. The second-order valence-corrected chi connectivity index (χ2v) is 6.15. The van der Waals surface area contributed by atoms with Gasteiger partial charge in [0, 0.05) is 6.20 Å². The van der Waals surface area contributed by atoms with Crippen LogP contribution in [-0.4, -0.2) is 53.6 Å². The molecular formula is C14H19ClFN3O3. The van der Waals surface area contributed by atoms with E-state index in [9.17, 15) is 14.3 Å². The summed E-state index contributed by atoms with van der Waals surface area (Å²) in [5.74, 6) is -0.487. The molecule has 1 atom stereocenters. The number of anilines is 1. The molecule has 22 heavy (non-hydrogen) atoms. The summed E-state index contributed by atoms with van der Waals surface area (Å²) < 4.78 is 18.8. The minimum atomic E-state index is -1.58. The minimum Gasteiger partial charge on any atom is -0.387 e. The van der Waals surface area contributed by atoms with Crippen molar-refractivity contribution in [1.29, 1.82) is 0 Å². The highest BCUT2D eigenvalue weighted by molar-refractivity contribution is 6.29. The van der Waals surface area contributed by atoms with Gasteiger partial charge >= 0.3 is 0 Å². The molecule has 6 nitrogen and oxygen atoms in total.